The second kappa shape index (κ2) is 9.46. The molecule has 4 nitrogen and oxygen atoms in total. The lowest BCUT2D eigenvalue weighted by Gasteiger charge is -2.30. The fraction of sp³-hybridized carbons (Fsp3) is 0.556. The summed E-state index contributed by atoms with van der Waals surface area (Å²) in [6, 6.07) is 10.1. The zero-order chi connectivity index (χ0) is 16.5. The lowest BCUT2D eigenvalue weighted by Crippen LogP contribution is -2.37. The molecule has 1 aliphatic carbocycles. The minimum absolute atomic E-state index is 0.0568. The van der Waals surface area contributed by atoms with Gasteiger partial charge in [-0.2, -0.15) is 17.0 Å². The van der Waals surface area contributed by atoms with E-state index in [4.69, 9.17) is 10.00 Å². The van der Waals surface area contributed by atoms with Crippen molar-refractivity contribution < 1.29 is 9.53 Å². The molecule has 1 aromatic carbocycles. The number of ether oxygens (including phenoxy) is 1. The number of thioether (sulfide) groups is 1. The highest BCUT2D eigenvalue weighted by Gasteiger charge is 2.30. The molecule has 1 saturated carbocycles. The van der Waals surface area contributed by atoms with Crippen LogP contribution in [-0.2, 0) is 10.5 Å². The van der Waals surface area contributed by atoms with Crippen LogP contribution in [0.15, 0.2) is 24.3 Å². The second-order valence-corrected chi connectivity index (χ2v) is 6.92. The van der Waals surface area contributed by atoms with Crippen molar-refractivity contribution in [1.29, 1.82) is 5.26 Å². The first kappa shape index (κ1) is 17.7. The van der Waals surface area contributed by atoms with Crippen molar-refractivity contribution in [2.75, 3.05) is 19.4 Å². The fourth-order valence-electron chi connectivity index (χ4n) is 3.06. The Morgan fingerprint density at radius 2 is 2.09 bits per heavy atom. The van der Waals surface area contributed by atoms with Crippen LogP contribution in [0.2, 0.25) is 0 Å². The lowest BCUT2D eigenvalue weighted by molar-refractivity contribution is -0.127. The maximum Gasteiger partial charge on any atom is 0.224 e. The van der Waals surface area contributed by atoms with Crippen LogP contribution in [0.4, 0.5) is 0 Å². The number of nitrogens with one attached hydrogen (secondary N) is 1. The number of methoxy groups -OCH3 is 1. The molecule has 5 heteroatoms. The molecule has 0 aliphatic heterocycles. The van der Waals surface area contributed by atoms with E-state index in [-0.39, 0.29) is 18.4 Å². The molecule has 124 valence electrons. The van der Waals surface area contributed by atoms with Gasteiger partial charge in [0, 0.05) is 11.7 Å². The van der Waals surface area contributed by atoms with Crippen molar-refractivity contribution >= 4 is 17.7 Å². The molecule has 1 N–H and O–H groups in total. The van der Waals surface area contributed by atoms with Crippen molar-refractivity contribution in [2.24, 2.45) is 11.8 Å². The molecule has 1 fully saturated rings. The van der Waals surface area contributed by atoms with Crippen LogP contribution < -0.4 is 10.1 Å². The van der Waals surface area contributed by atoms with Crippen LogP contribution >= 0.6 is 11.8 Å². The first-order valence-electron chi connectivity index (χ1n) is 8.10. The van der Waals surface area contributed by atoms with Gasteiger partial charge in [0.05, 0.1) is 13.2 Å². The van der Waals surface area contributed by atoms with Gasteiger partial charge in [-0.15, -0.1) is 0 Å². The van der Waals surface area contributed by atoms with Crippen LogP contribution in [0.5, 0.6) is 5.75 Å². The Bertz CT molecular complexity index is 539. The van der Waals surface area contributed by atoms with Gasteiger partial charge in [-0.05, 0) is 42.2 Å². The van der Waals surface area contributed by atoms with E-state index in [2.05, 4.69) is 17.4 Å². The highest BCUT2D eigenvalue weighted by molar-refractivity contribution is 7.98. The quantitative estimate of drug-likeness (QED) is 0.778. The van der Waals surface area contributed by atoms with Crippen molar-refractivity contribution in [2.45, 2.75) is 31.4 Å². The van der Waals surface area contributed by atoms with E-state index in [1.54, 1.807) is 7.11 Å². The lowest BCUT2D eigenvalue weighted by atomic mass is 9.80. The number of amides is 1. The number of hydrogen-bond donors (Lipinski definition) is 1. The van der Waals surface area contributed by atoms with Crippen LogP contribution in [0.25, 0.3) is 0 Å². The molecule has 23 heavy (non-hydrogen) atoms. The summed E-state index contributed by atoms with van der Waals surface area (Å²) in [5, 5.41) is 11.3. The number of rotatable bonds is 7. The van der Waals surface area contributed by atoms with Gasteiger partial charge in [-0.25, -0.2) is 0 Å². The predicted molar refractivity (Wildman–Crippen MR) is 93.2 cm³/mol. The summed E-state index contributed by atoms with van der Waals surface area (Å²) in [4.78, 5) is 12.2. The highest BCUT2D eigenvalue weighted by atomic mass is 32.2. The molecule has 1 amide bonds. The van der Waals surface area contributed by atoms with Crippen molar-refractivity contribution in [3.63, 3.8) is 0 Å². The van der Waals surface area contributed by atoms with E-state index < -0.39 is 0 Å². The van der Waals surface area contributed by atoms with Crippen LogP contribution in [0.1, 0.15) is 31.2 Å². The molecule has 0 aromatic heterocycles. The Labute approximate surface area is 142 Å². The minimum Gasteiger partial charge on any atom is -0.497 e. The molecule has 1 aliphatic rings. The van der Waals surface area contributed by atoms with Gasteiger partial charge in [-0.1, -0.05) is 25.0 Å². The number of benzene rings is 1. The van der Waals surface area contributed by atoms with Gasteiger partial charge in [0.25, 0.3) is 0 Å². The zero-order valence-electron chi connectivity index (χ0n) is 13.6. The van der Waals surface area contributed by atoms with Gasteiger partial charge in [0.15, 0.2) is 0 Å². The van der Waals surface area contributed by atoms with E-state index in [9.17, 15) is 4.79 Å². The average Bonchev–Trinajstić information content (AvgIpc) is 2.60. The fourth-order valence-corrected chi connectivity index (χ4v) is 4.31. The molecule has 2 atom stereocenters. The Hall–Kier alpha value is -1.67. The third-order valence-corrected chi connectivity index (χ3v) is 5.55. The second-order valence-electron chi connectivity index (χ2n) is 5.89. The Morgan fingerprint density at radius 3 is 2.78 bits per heavy atom. The zero-order valence-corrected chi connectivity index (χ0v) is 14.4. The summed E-state index contributed by atoms with van der Waals surface area (Å²) in [6.45, 7) is 0.112. The standard InChI is InChI=1S/C18H24N2O2S/c1-22-16-8-6-14(7-9-16)12-23-13-15-4-2-3-5-17(15)18(21)20-11-10-19/h6-9,15,17H,2-5,11-13H2,1H3,(H,20,21)/t15-,17+/m1/s1. The Kier molecular flexibility index (Phi) is 7.28. The van der Waals surface area contributed by atoms with Gasteiger partial charge in [0.2, 0.25) is 5.91 Å². The van der Waals surface area contributed by atoms with Crippen molar-refractivity contribution in [3.8, 4) is 11.8 Å². The van der Waals surface area contributed by atoms with Crippen molar-refractivity contribution in [1.82, 2.24) is 5.32 Å². The topological polar surface area (TPSA) is 62.1 Å². The van der Waals surface area contributed by atoms with Gasteiger partial charge >= 0.3 is 0 Å². The molecular weight excluding hydrogens is 308 g/mol. The van der Waals surface area contributed by atoms with Crippen LogP contribution in [0.3, 0.4) is 0 Å². The number of carbonyl (C=O) groups is 1. The normalized spacial score (nSPS) is 20.5. The predicted octanol–water partition coefficient (Wildman–Crippen LogP) is 3.37. The number of hydrogen-bond acceptors (Lipinski definition) is 4. The molecule has 0 spiro atoms. The maximum atomic E-state index is 12.2. The molecule has 2 rings (SSSR count). The average molecular weight is 332 g/mol. The molecule has 0 bridgehead atoms. The minimum atomic E-state index is 0.0568. The third-order valence-electron chi connectivity index (χ3n) is 4.35. The molecule has 0 heterocycles. The monoisotopic (exact) mass is 332 g/mol. The molecule has 1 aromatic rings. The first-order valence-corrected chi connectivity index (χ1v) is 9.25. The van der Waals surface area contributed by atoms with Crippen LogP contribution in [-0.4, -0.2) is 25.3 Å². The smallest absolute Gasteiger partial charge is 0.224 e. The first-order chi connectivity index (χ1) is 11.2. The number of nitrogens with zero attached hydrogens (tertiary/aromatic N) is 1. The van der Waals surface area contributed by atoms with Gasteiger partial charge in [-0.3, -0.25) is 4.79 Å². The summed E-state index contributed by atoms with van der Waals surface area (Å²) in [5.74, 6) is 3.37. The summed E-state index contributed by atoms with van der Waals surface area (Å²) in [6.07, 6.45) is 4.38. The Balaban J connectivity index is 1.81. The van der Waals surface area contributed by atoms with Crippen molar-refractivity contribution in [3.05, 3.63) is 29.8 Å². The summed E-state index contributed by atoms with van der Waals surface area (Å²) in [5.41, 5.74) is 1.28. The molecule has 0 radical (unpaired) electrons. The van der Waals surface area contributed by atoms with E-state index in [0.29, 0.717) is 5.92 Å². The molecule has 0 saturated heterocycles. The van der Waals surface area contributed by atoms with E-state index >= 15 is 0 Å². The maximum absolute atomic E-state index is 12.2. The van der Waals surface area contributed by atoms with E-state index in [1.165, 1.54) is 12.0 Å². The third kappa shape index (κ3) is 5.47. The van der Waals surface area contributed by atoms with E-state index in [1.807, 2.05) is 30.0 Å². The summed E-state index contributed by atoms with van der Waals surface area (Å²) in [7, 11) is 1.67. The number of carbonyl (C=O) groups excluding carboxylic acids is 1. The van der Waals surface area contributed by atoms with Gasteiger partial charge in [0.1, 0.15) is 12.3 Å². The Morgan fingerprint density at radius 1 is 1.35 bits per heavy atom. The molecular formula is C18H24N2O2S. The summed E-state index contributed by atoms with van der Waals surface area (Å²) < 4.78 is 5.17. The largest absolute Gasteiger partial charge is 0.497 e. The highest BCUT2D eigenvalue weighted by Crippen LogP contribution is 2.33. The molecule has 0 unspecified atom stereocenters. The number of nitriles is 1. The summed E-state index contributed by atoms with van der Waals surface area (Å²) >= 11 is 1.89. The van der Waals surface area contributed by atoms with Gasteiger partial charge < -0.3 is 10.1 Å². The van der Waals surface area contributed by atoms with E-state index in [0.717, 1.165) is 36.5 Å². The van der Waals surface area contributed by atoms with Crippen LogP contribution in [0, 0.1) is 23.2 Å². The SMILES string of the molecule is COc1ccc(CSC[C@H]2CCCC[C@@H]2C(=O)NCC#N)cc1.